The van der Waals surface area contributed by atoms with Crippen LogP contribution < -0.4 is 0 Å². The average Bonchev–Trinajstić information content (AvgIpc) is 3.41. The Balaban J connectivity index is 1.49. The quantitative estimate of drug-likeness (QED) is 0.682. The van der Waals surface area contributed by atoms with E-state index in [2.05, 4.69) is 43.7 Å². The number of rotatable bonds is 5. The molecule has 0 radical (unpaired) electrons. The Hall–Kier alpha value is -2.93. The van der Waals surface area contributed by atoms with Crippen LogP contribution in [0.3, 0.4) is 0 Å². The summed E-state index contributed by atoms with van der Waals surface area (Å²) in [5, 5.41) is 0. The van der Waals surface area contributed by atoms with E-state index in [0.29, 0.717) is 13.1 Å². The molecule has 0 unspecified atom stereocenters. The molecule has 7 heteroatoms. The zero-order valence-corrected chi connectivity index (χ0v) is 16.3. The Morgan fingerprint density at radius 2 is 1.79 bits per heavy atom. The number of carbonyl (C=O) groups is 1. The number of piperazine rings is 1. The van der Waals surface area contributed by atoms with E-state index in [4.69, 9.17) is 0 Å². The highest BCUT2D eigenvalue weighted by molar-refractivity contribution is 5.80. The summed E-state index contributed by atoms with van der Waals surface area (Å²) in [5.41, 5.74) is 1.23. The molecule has 1 aromatic carbocycles. The predicted molar refractivity (Wildman–Crippen MR) is 107 cm³/mol. The highest BCUT2D eigenvalue weighted by atomic mass is 16.2. The maximum absolute atomic E-state index is 12.9. The molecule has 2 aromatic heterocycles. The second-order valence-corrected chi connectivity index (χ2v) is 7.26. The lowest BCUT2D eigenvalue weighted by Gasteiger charge is -2.40. The van der Waals surface area contributed by atoms with Crippen molar-refractivity contribution in [3.05, 3.63) is 72.8 Å². The van der Waals surface area contributed by atoms with Crippen LogP contribution in [0.15, 0.2) is 61.4 Å². The molecule has 1 fully saturated rings. The molecular weight excluding hydrogens is 352 g/mol. The summed E-state index contributed by atoms with van der Waals surface area (Å²) in [6.07, 6.45) is 9.07. The van der Waals surface area contributed by atoms with Gasteiger partial charge >= 0.3 is 0 Å². The molecule has 0 aliphatic carbocycles. The minimum Gasteiger partial charge on any atom is -0.338 e. The zero-order chi connectivity index (χ0) is 19.5. The largest absolute Gasteiger partial charge is 0.338 e. The number of benzene rings is 1. The van der Waals surface area contributed by atoms with Gasteiger partial charge in [-0.1, -0.05) is 30.3 Å². The third kappa shape index (κ3) is 3.57. The number of nitrogens with zero attached hydrogens (tertiary/aromatic N) is 6. The first-order valence-corrected chi connectivity index (χ1v) is 9.67. The number of hydrogen-bond donors (Lipinski definition) is 0. The second-order valence-electron chi connectivity index (χ2n) is 7.26. The van der Waals surface area contributed by atoms with E-state index in [1.54, 1.807) is 12.5 Å². The Morgan fingerprint density at radius 3 is 2.39 bits per heavy atom. The van der Waals surface area contributed by atoms with Crippen LogP contribution in [-0.4, -0.2) is 61.0 Å². The van der Waals surface area contributed by atoms with Crippen LogP contribution in [0.4, 0.5) is 0 Å². The maximum atomic E-state index is 12.9. The van der Waals surface area contributed by atoms with Crippen LogP contribution in [0.1, 0.15) is 30.4 Å². The Bertz CT molecular complexity index is 896. The van der Waals surface area contributed by atoms with Gasteiger partial charge in [-0.25, -0.2) is 9.97 Å². The van der Waals surface area contributed by atoms with Crippen molar-refractivity contribution in [2.45, 2.75) is 19.0 Å². The van der Waals surface area contributed by atoms with Gasteiger partial charge in [0.05, 0.1) is 12.4 Å². The fraction of sp³-hybridized carbons (Fsp3) is 0.381. The topological polar surface area (TPSA) is 59.2 Å². The molecule has 7 nitrogen and oxygen atoms in total. The molecule has 4 rings (SSSR count). The number of aromatic nitrogens is 4. The van der Waals surface area contributed by atoms with Crippen molar-refractivity contribution < 1.29 is 4.79 Å². The molecule has 2 atom stereocenters. The Morgan fingerprint density at radius 1 is 1.04 bits per heavy atom. The third-order valence-electron chi connectivity index (χ3n) is 5.54. The molecule has 1 aliphatic heterocycles. The summed E-state index contributed by atoms with van der Waals surface area (Å²) in [7, 11) is 2.03. The van der Waals surface area contributed by atoms with Crippen molar-refractivity contribution >= 4 is 5.91 Å². The average molecular weight is 378 g/mol. The Labute approximate surface area is 165 Å². The molecule has 1 saturated heterocycles. The fourth-order valence-electron chi connectivity index (χ4n) is 3.89. The van der Waals surface area contributed by atoms with Gasteiger partial charge in [0.1, 0.15) is 11.9 Å². The van der Waals surface area contributed by atoms with E-state index in [9.17, 15) is 4.79 Å². The smallest absolute Gasteiger partial charge is 0.245 e. The van der Waals surface area contributed by atoms with Crippen molar-refractivity contribution in [3.8, 4) is 0 Å². The van der Waals surface area contributed by atoms with Gasteiger partial charge in [-0.15, -0.1) is 0 Å². The highest BCUT2D eigenvalue weighted by Gasteiger charge is 2.31. The van der Waals surface area contributed by atoms with E-state index < -0.39 is 0 Å². The summed E-state index contributed by atoms with van der Waals surface area (Å²) in [5.74, 6) is 1.17. The van der Waals surface area contributed by atoms with Crippen LogP contribution in [0.25, 0.3) is 0 Å². The van der Waals surface area contributed by atoms with Crippen molar-refractivity contribution in [2.24, 2.45) is 7.05 Å². The lowest BCUT2D eigenvalue weighted by atomic mass is 10.0. The molecular formula is C21H26N6O. The van der Waals surface area contributed by atoms with Gasteiger partial charge in [0, 0.05) is 58.0 Å². The van der Waals surface area contributed by atoms with Crippen LogP contribution in [0, 0.1) is 0 Å². The van der Waals surface area contributed by atoms with Gasteiger partial charge in [0.15, 0.2) is 0 Å². The molecule has 1 aliphatic rings. The number of imidazole rings is 2. The van der Waals surface area contributed by atoms with Crippen molar-refractivity contribution in [2.75, 3.05) is 26.2 Å². The molecule has 3 heterocycles. The minimum atomic E-state index is -0.228. The van der Waals surface area contributed by atoms with Gasteiger partial charge < -0.3 is 14.0 Å². The molecule has 3 aromatic rings. The summed E-state index contributed by atoms with van der Waals surface area (Å²) in [6, 6.07) is 10.3. The first-order chi connectivity index (χ1) is 13.6. The van der Waals surface area contributed by atoms with Gasteiger partial charge in [-0.3, -0.25) is 9.69 Å². The van der Waals surface area contributed by atoms with Crippen LogP contribution in [0.5, 0.6) is 0 Å². The zero-order valence-electron chi connectivity index (χ0n) is 16.3. The molecule has 0 saturated carbocycles. The van der Waals surface area contributed by atoms with E-state index in [1.807, 2.05) is 48.1 Å². The van der Waals surface area contributed by atoms with Crippen molar-refractivity contribution in [3.63, 3.8) is 0 Å². The first-order valence-electron chi connectivity index (χ1n) is 9.67. The molecule has 0 bridgehead atoms. The van der Waals surface area contributed by atoms with Crippen LogP contribution >= 0.6 is 0 Å². The molecule has 28 heavy (non-hydrogen) atoms. The summed E-state index contributed by atoms with van der Waals surface area (Å²) >= 11 is 0. The van der Waals surface area contributed by atoms with Crippen LogP contribution in [-0.2, 0) is 11.8 Å². The molecule has 0 N–H and O–H groups in total. The summed E-state index contributed by atoms with van der Waals surface area (Å²) in [6.45, 7) is 4.98. The van der Waals surface area contributed by atoms with E-state index in [0.717, 1.165) is 18.9 Å². The van der Waals surface area contributed by atoms with E-state index in [-0.39, 0.29) is 18.0 Å². The first kappa shape index (κ1) is 18.4. The minimum absolute atomic E-state index is 0.0875. The number of carbonyl (C=O) groups excluding carboxylic acids is 1. The van der Waals surface area contributed by atoms with Crippen molar-refractivity contribution in [1.82, 2.24) is 28.9 Å². The predicted octanol–water partition coefficient (Wildman–Crippen LogP) is 2.11. The Kier molecular flexibility index (Phi) is 5.25. The number of aryl methyl sites for hydroxylation is 1. The van der Waals surface area contributed by atoms with Crippen LogP contribution in [0.2, 0.25) is 0 Å². The third-order valence-corrected chi connectivity index (χ3v) is 5.54. The van der Waals surface area contributed by atoms with E-state index in [1.165, 1.54) is 5.56 Å². The lowest BCUT2D eigenvalue weighted by molar-refractivity contribution is -0.136. The van der Waals surface area contributed by atoms with Gasteiger partial charge in [0.25, 0.3) is 0 Å². The molecule has 1 amide bonds. The number of hydrogen-bond acceptors (Lipinski definition) is 4. The van der Waals surface area contributed by atoms with Crippen molar-refractivity contribution in [1.29, 1.82) is 0 Å². The fourth-order valence-corrected chi connectivity index (χ4v) is 3.89. The SMILES string of the molecule is C[C@@H](C(=O)N1CCN([C@@H](c2ccccc2)c2nccn2C)CC1)n1ccnc1. The lowest BCUT2D eigenvalue weighted by Crippen LogP contribution is -2.51. The maximum Gasteiger partial charge on any atom is 0.245 e. The van der Waals surface area contributed by atoms with Gasteiger partial charge in [0.2, 0.25) is 5.91 Å². The molecule has 146 valence electrons. The second kappa shape index (κ2) is 7.98. The van der Waals surface area contributed by atoms with Gasteiger partial charge in [-0.05, 0) is 12.5 Å². The molecule has 0 spiro atoms. The number of amides is 1. The normalized spacial score (nSPS) is 17.4. The standard InChI is InChI=1S/C21H26N6O/c1-17(27-11-8-22-16-27)21(28)26-14-12-25(13-15-26)19(18-6-4-3-5-7-18)20-23-9-10-24(20)2/h3-11,16-17,19H,12-15H2,1-2H3/t17-,19-/m0/s1. The highest BCUT2D eigenvalue weighted by Crippen LogP contribution is 2.28. The summed E-state index contributed by atoms with van der Waals surface area (Å²) in [4.78, 5) is 25.9. The summed E-state index contributed by atoms with van der Waals surface area (Å²) < 4.78 is 3.94. The van der Waals surface area contributed by atoms with Gasteiger partial charge in [-0.2, -0.15) is 0 Å². The monoisotopic (exact) mass is 378 g/mol. The van der Waals surface area contributed by atoms with E-state index >= 15 is 0 Å².